The predicted molar refractivity (Wildman–Crippen MR) is 119 cm³/mol. The number of halogens is 1. The fourth-order valence-electron chi connectivity index (χ4n) is 3.89. The summed E-state index contributed by atoms with van der Waals surface area (Å²) >= 11 is 6.15. The zero-order chi connectivity index (χ0) is 22.1. The Kier molecular flexibility index (Phi) is 5.44. The maximum Gasteiger partial charge on any atom is 0.182 e. The van der Waals surface area contributed by atoms with Gasteiger partial charge in [-0.2, -0.15) is 5.21 Å². The lowest BCUT2D eigenvalue weighted by molar-refractivity contribution is 0.581. The molecule has 0 saturated carbocycles. The lowest BCUT2D eigenvalue weighted by Gasteiger charge is -2.19. The van der Waals surface area contributed by atoms with E-state index in [4.69, 9.17) is 16.6 Å². The molecule has 0 saturated heterocycles. The first-order valence-corrected chi connectivity index (χ1v) is 12.2. The Morgan fingerprint density at radius 2 is 1.78 bits per heavy atom. The van der Waals surface area contributed by atoms with E-state index in [-0.39, 0.29) is 10.6 Å². The molecule has 1 aliphatic rings. The van der Waals surface area contributed by atoms with Crippen molar-refractivity contribution in [2.45, 2.75) is 30.6 Å². The Balaban J connectivity index is 1.52. The van der Waals surface area contributed by atoms with Crippen LogP contribution in [0.15, 0.2) is 53.4 Å². The summed E-state index contributed by atoms with van der Waals surface area (Å²) in [5.74, 6) is 1.23. The number of hydrogen-bond acceptors (Lipinski definition) is 7. The average molecular weight is 467 g/mol. The summed E-state index contributed by atoms with van der Waals surface area (Å²) in [4.78, 5) is 9.58. The van der Waals surface area contributed by atoms with Gasteiger partial charge < -0.3 is 0 Å². The third kappa shape index (κ3) is 4.26. The second kappa shape index (κ2) is 8.40. The van der Waals surface area contributed by atoms with E-state index in [0.717, 1.165) is 16.7 Å². The standard InChI is InChI=1S/C22H19ClN6O2S/c23-17-4-1-3-16(13-17)22-24-18-5-2-10-32(30,31)21(18)19(25-22)11-14-6-8-15(9-7-14)12-20-26-28-29-27-20/h1,3-4,6-9,13H,2,5,10-12H2,(H,26,27,28,29). The van der Waals surface area contributed by atoms with Gasteiger partial charge in [-0.1, -0.05) is 53.2 Å². The summed E-state index contributed by atoms with van der Waals surface area (Å²) in [7, 11) is -3.42. The first kappa shape index (κ1) is 20.7. The fraction of sp³-hybridized carbons (Fsp3) is 0.227. The molecule has 32 heavy (non-hydrogen) atoms. The smallest absolute Gasteiger partial charge is 0.182 e. The Labute approximate surface area is 190 Å². The molecule has 0 radical (unpaired) electrons. The van der Waals surface area contributed by atoms with Crippen LogP contribution in [0.4, 0.5) is 0 Å². The van der Waals surface area contributed by atoms with Crippen molar-refractivity contribution in [2.24, 2.45) is 0 Å². The van der Waals surface area contributed by atoms with Crippen molar-refractivity contribution in [1.82, 2.24) is 30.6 Å². The molecule has 0 amide bonds. The molecule has 0 fully saturated rings. The number of aryl methyl sites for hydroxylation is 1. The second-order valence-electron chi connectivity index (χ2n) is 7.70. The molecule has 0 bridgehead atoms. The first-order valence-electron chi connectivity index (χ1n) is 10.2. The lowest BCUT2D eigenvalue weighted by Crippen LogP contribution is -2.21. The van der Waals surface area contributed by atoms with E-state index in [0.29, 0.717) is 53.7 Å². The van der Waals surface area contributed by atoms with Gasteiger partial charge >= 0.3 is 0 Å². The lowest BCUT2D eigenvalue weighted by atomic mass is 10.0. The molecule has 0 atom stereocenters. The molecule has 0 aliphatic carbocycles. The van der Waals surface area contributed by atoms with Crippen molar-refractivity contribution < 1.29 is 8.42 Å². The fourth-order valence-corrected chi connectivity index (χ4v) is 5.80. The minimum Gasteiger partial charge on any atom is -0.232 e. The highest BCUT2D eigenvalue weighted by Crippen LogP contribution is 2.31. The Morgan fingerprint density at radius 3 is 2.50 bits per heavy atom. The third-order valence-corrected chi connectivity index (χ3v) is 7.53. The molecule has 2 aromatic carbocycles. The monoisotopic (exact) mass is 466 g/mol. The van der Waals surface area contributed by atoms with Gasteiger partial charge in [-0.25, -0.2) is 18.4 Å². The number of fused-ring (bicyclic) bond motifs is 1. The Morgan fingerprint density at radius 1 is 1.00 bits per heavy atom. The van der Waals surface area contributed by atoms with Gasteiger partial charge in [-0.05, 0) is 36.1 Å². The molecule has 0 unspecified atom stereocenters. The van der Waals surface area contributed by atoms with Gasteiger partial charge in [0.25, 0.3) is 0 Å². The molecule has 4 aromatic rings. The first-order chi connectivity index (χ1) is 15.5. The van der Waals surface area contributed by atoms with Crippen molar-refractivity contribution in [3.05, 3.63) is 81.9 Å². The number of aromatic amines is 1. The van der Waals surface area contributed by atoms with Crippen LogP contribution in [0, 0.1) is 0 Å². The second-order valence-corrected chi connectivity index (χ2v) is 10.2. The van der Waals surface area contributed by atoms with E-state index < -0.39 is 9.84 Å². The normalized spacial score (nSPS) is 14.8. The van der Waals surface area contributed by atoms with E-state index in [2.05, 4.69) is 25.6 Å². The van der Waals surface area contributed by atoms with Gasteiger partial charge in [0.1, 0.15) is 4.90 Å². The largest absolute Gasteiger partial charge is 0.232 e. The highest BCUT2D eigenvalue weighted by molar-refractivity contribution is 7.91. The SMILES string of the molecule is O=S1(=O)CCCc2nc(-c3cccc(Cl)c3)nc(Cc3ccc(Cc4nn[nH]n4)cc3)c21. The predicted octanol–water partition coefficient (Wildman–Crippen LogP) is 3.21. The number of nitrogens with zero attached hydrogens (tertiary/aromatic N) is 5. The number of sulfone groups is 1. The zero-order valence-electron chi connectivity index (χ0n) is 17.0. The molecule has 1 N–H and O–H groups in total. The summed E-state index contributed by atoms with van der Waals surface area (Å²) in [6.07, 6.45) is 2.12. The van der Waals surface area contributed by atoms with Crippen LogP contribution in [-0.4, -0.2) is 44.8 Å². The van der Waals surface area contributed by atoms with Crippen LogP contribution in [0.2, 0.25) is 5.02 Å². The number of rotatable bonds is 5. The van der Waals surface area contributed by atoms with Gasteiger partial charge in [0.2, 0.25) is 0 Å². The molecule has 10 heteroatoms. The molecular weight excluding hydrogens is 448 g/mol. The number of benzene rings is 2. The van der Waals surface area contributed by atoms with Crippen molar-refractivity contribution in [2.75, 3.05) is 5.75 Å². The van der Waals surface area contributed by atoms with E-state index in [1.165, 1.54) is 0 Å². The van der Waals surface area contributed by atoms with Crippen LogP contribution in [0.3, 0.4) is 0 Å². The molecule has 0 spiro atoms. The van der Waals surface area contributed by atoms with Gasteiger partial charge in [-0.3, -0.25) is 0 Å². The van der Waals surface area contributed by atoms with E-state index in [9.17, 15) is 8.42 Å². The molecule has 3 heterocycles. The molecule has 8 nitrogen and oxygen atoms in total. The molecule has 5 rings (SSSR count). The highest BCUT2D eigenvalue weighted by atomic mass is 35.5. The van der Waals surface area contributed by atoms with Gasteiger partial charge in [-0.15, -0.1) is 10.2 Å². The van der Waals surface area contributed by atoms with E-state index in [1.54, 1.807) is 12.1 Å². The number of hydrogen-bond donors (Lipinski definition) is 1. The van der Waals surface area contributed by atoms with Crippen molar-refractivity contribution in [3.8, 4) is 11.4 Å². The zero-order valence-corrected chi connectivity index (χ0v) is 18.6. The van der Waals surface area contributed by atoms with Crippen molar-refractivity contribution in [1.29, 1.82) is 0 Å². The topological polar surface area (TPSA) is 114 Å². The number of tetrazole rings is 1. The Hall–Kier alpha value is -3.17. The van der Waals surface area contributed by atoms with Crippen LogP contribution < -0.4 is 0 Å². The summed E-state index contributed by atoms with van der Waals surface area (Å²) in [5, 5.41) is 14.5. The minimum absolute atomic E-state index is 0.122. The molecule has 1 aliphatic heterocycles. The van der Waals surface area contributed by atoms with Crippen LogP contribution in [0.5, 0.6) is 0 Å². The molecule has 2 aromatic heterocycles. The summed E-state index contributed by atoms with van der Waals surface area (Å²) in [5.41, 5.74) is 3.87. The number of aromatic nitrogens is 6. The van der Waals surface area contributed by atoms with Crippen molar-refractivity contribution in [3.63, 3.8) is 0 Å². The van der Waals surface area contributed by atoms with E-state index >= 15 is 0 Å². The number of nitrogens with one attached hydrogen (secondary N) is 1. The van der Waals surface area contributed by atoms with Crippen LogP contribution in [0.1, 0.15) is 34.8 Å². The average Bonchev–Trinajstić information content (AvgIpc) is 3.27. The van der Waals surface area contributed by atoms with E-state index in [1.807, 2.05) is 36.4 Å². The highest BCUT2D eigenvalue weighted by Gasteiger charge is 2.30. The minimum atomic E-state index is -3.42. The van der Waals surface area contributed by atoms with Gasteiger partial charge in [0.15, 0.2) is 21.5 Å². The van der Waals surface area contributed by atoms with Crippen LogP contribution >= 0.6 is 11.6 Å². The summed E-state index contributed by atoms with van der Waals surface area (Å²) in [6.45, 7) is 0. The number of H-pyrrole nitrogens is 1. The van der Waals surface area contributed by atoms with Crippen LogP contribution in [0.25, 0.3) is 11.4 Å². The van der Waals surface area contributed by atoms with Gasteiger partial charge in [0, 0.05) is 23.4 Å². The molecular formula is C22H19ClN6O2S. The quantitative estimate of drug-likeness (QED) is 0.480. The van der Waals surface area contributed by atoms with Crippen LogP contribution in [-0.2, 0) is 29.1 Å². The summed E-state index contributed by atoms with van der Waals surface area (Å²) in [6, 6.07) is 15.2. The molecule has 162 valence electrons. The van der Waals surface area contributed by atoms with Gasteiger partial charge in [0.05, 0.1) is 17.1 Å². The van der Waals surface area contributed by atoms with Crippen molar-refractivity contribution >= 4 is 21.4 Å². The third-order valence-electron chi connectivity index (χ3n) is 5.37. The maximum absolute atomic E-state index is 12.9. The Bertz CT molecular complexity index is 1370. The summed E-state index contributed by atoms with van der Waals surface area (Å²) < 4.78 is 25.8. The maximum atomic E-state index is 12.9.